The Balaban J connectivity index is 1.83. The Bertz CT molecular complexity index is 617. The van der Waals surface area contributed by atoms with Gasteiger partial charge in [0.15, 0.2) is 0 Å². The monoisotopic (exact) mass is 279 g/mol. The van der Waals surface area contributed by atoms with Crippen LogP contribution in [0.15, 0.2) is 48.5 Å². The van der Waals surface area contributed by atoms with E-state index in [1.807, 2.05) is 0 Å². The number of rotatable bonds is 3. The first-order chi connectivity index (χ1) is 10.2. The van der Waals surface area contributed by atoms with Gasteiger partial charge in [-0.3, -0.25) is 0 Å². The zero-order valence-electron chi connectivity index (χ0n) is 13.3. The van der Waals surface area contributed by atoms with Crippen LogP contribution < -0.4 is 5.32 Å². The topological polar surface area (TPSA) is 12.0 Å². The Morgan fingerprint density at radius 3 is 2.38 bits per heavy atom. The molecule has 2 aromatic carbocycles. The second kappa shape index (κ2) is 6.03. The first-order valence-corrected chi connectivity index (χ1v) is 8.07. The highest BCUT2D eigenvalue weighted by atomic mass is 14.9. The summed E-state index contributed by atoms with van der Waals surface area (Å²) in [6.45, 7) is 6.83. The Labute approximate surface area is 128 Å². The van der Waals surface area contributed by atoms with Crippen molar-refractivity contribution in [2.45, 2.75) is 51.6 Å². The molecule has 0 aromatic heterocycles. The summed E-state index contributed by atoms with van der Waals surface area (Å²) in [5, 5.41) is 3.85. The maximum Gasteiger partial charge on any atom is 0.0328 e. The summed E-state index contributed by atoms with van der Waals surface area (Å²) in [6, 6.07) is 18.5. The zero-order chi connectivity index (χ0) is 14.8. The van der Waals surface area contributed by atoms with Gasteiger partial charge in [-0.25, -0.2) is 0 Å². The minimum Gasteiger partial charge on any atom is -0.303 e. The maximum absolute atomic E-state index is 3.85. The molecule has 3 atom stereocenters. The lowest BCUT2D eigenvalue weighted by molar-refractivity contribution is 0.395. The lowest BCUT2D eigenvalue weighted by atomic mass is 9.80. The van der Waals surface area contributed by atoms with Crippen LogP contribution >= 0.6 is 0 Å². The van der Waals surface area contributed by atoms with Crippen LogP contribution in [0.25, 0.3) is 0 Å². The molecule has 0 bridgehead atoms. The minimum absolute atomic E-state index is 0.387. The van der Waals surface area contributed by atoms with Gasteiger partial charge in [0.2, 0.25) is 0 Å². The summed E-state index contributed by atoms with van der Waals surface area (Å²) in [7, 11) is 0. The number of hydrogen-bond donors (Lipinski definition) is 1. The van der Waals surface area contributed by atoms with Gasteiger partial charge in [-0.15, -0.1) is 0 Å². The molecule has 2 unspecified atom stereocenters. The van der Waals surface area contributed by atoms with Crippen molar-refractivity contribution < 1.29 is 0 Å². The van der Waals surface area contributed by atoms with Crippen molar-refractivity contribution in [2.24, 2.45) is 0 Å². The molecule has 0 saturated heterocycles. The second-order valence-electron chi connectivity index (χ2n) is 6.40. The molecule has 0 aliphatic heterocycles. The summed E-state index contributed by atoms with van der Waals surface area (Å²) < 4.78 is 0. The Morgan fingerprint density at radius 1 is 0.952 bits per heavy atom. The summed E-state index contributed by atoms with van der Waals surface area (Å²) in [4.78, 5) is 0. The number of nitrogens with one attached hydrogen (secondary N) is 1. The van der Waals surface area contributed by atoms with Gasteiger partial charge in [0.25, 0.3) is 0 Å². The largest absolute Gasteiger partial charge is 0.303 e. The molecule has 1 aliphatic rings. The maximum atomic E-state index is 3.85. The molecule has 1 heteroatoms. The van der Waals surface area contributed by atoms with Crippen molar-refractivity contribution in [2.75, 3.05) is 0 Å². The van der Waals surface area contributed by atoms with Gasteiger partial charge >= 0.3 is 0 Å². The average Bonchev–Trinajstić information content (AvgIpc) is 2.51. The third kappa shape index (κ3) is 2.89. The fourth-order valence-electron chi connectivity index (χ4n) is 3.64. The molecule has 1 N–H and O–H groups in total. The molecule has 2 aromatic rings. The molecule has 1 aliphatic carbocycles. The van der Waals surface area contributed by atoms with Gasteiger partial charge in [0.1, 0.15) is 0 Å². The van der Waals surface area contributed by atoms with Crippen molar-refractivity contribution in [3.05, 3.63) is 70.8 Å². The van der Waals surface area contributed by atoms with Gasteiger partial charge in [0.05, 0.1) is 0 Å². The molecule has 0 amide bonds. The van der Waals surface area contributed by atoms with E-state index in [0.717, 1.165) is 0 Å². The fraction of sp³-hybridized carbons (Fsp3) is 0.400. The highest BCUT2D eigenvalue weighted by molar-refractivity contribution is 5.36. The van der Waals surface area contributed by atoms with E-state index in [4.69, 9.17) is 0 Å². The van der Waals surface area contributed by atoms with Gasteiger partial charge in [0, 0.05) is 12.1 Å². The van der Waals surface area contributed by atoms with Crippen LogP contribution in [0.5, 0.6) is 0 Å². The Kier molecular flexibility index (Phi) is 4.12. The third-order valence-corrected chi connectivity index (χ3v) is 4.90. The predicted octanol–water partition coefficient (Wildman–Crippen LogP) is 5.28. The van der Waals surface area contributed by atoms with Crippen LogP contribution in [0.3, 0.4) is 0 Å². The molecule has 1 nitrogen and oxygen atoms in total. The lowest BCUT2D eigenvalue weighted by Gasteiger charge is -2.33. The number of hydrogen-bond acceptors (Lipinski definition) is 1. The highest BCUT2D eigenvalue weighted by Crippen LogP contribution is 2.38. The van der Waals surface area contributed by atoms with Crippen LogP contribution in [-0.4, -0.2) is 0 Å². The van der Waals surface area contributed by atoms with Crippen LogP contribution in [-0.2, 0) is 0 Å². The summed E-state index contributed by atoms with van der Waals surface area (Å²) in [5.41, 5.74) is 5.80. The number of aryl methyl sites for hydroxylation is 1. The van der Waals surface area contributed by atoms with E-state index in [0.29, 0.717) is 18.0 Å². The van der Waals surface area contributed by atoms with Crippen molar-refractivity contribution in [1.29, 1.82) is 0 Å². The van der Waals surface area contributed by atoms with Gasteiger partial charge in [-0.1, -0.05) is 55.5 Å². The summed E-state index contributed by atoms with van der Waals surface area (Å²) >= 11 is 0. The molecule has 110 valence electrons. The van der Waals surface area contributed by atoms with Crippen molar-refractivity contribution in [3.63, 3.8) is 0 Å². The normalized spacial score (nSPS) is 22.6. The number of benzene rings is 2. The van der Waals surface area contributed by atoms with Crippen LogP contribution in [0.2, 0.25) is 0 Å². The third-order valence-electron chi connectivity index (χ3n) is 4.90. The lowest BCUT2D eigenvalue weighted by Crippen LogP contribution is -2.28. The first kappa shape index (κ1) is 14.3. The SMILES string of the molecule is Cc1ccccc1[C@H](C)NC1CCC(C)c2ccccc21. The Morgan fingerprint density at radius 2 is 1.62 bits per heavy atom. The van der Waals surface area contributed by atoms with E-state index in [-0.39, 0.29) is 0 Å². The van der Waals surface area contributed by atoms with Crippen LogP contribution in [0.1, 0.15) is 66.9 Å². The molecule has 0 radical (unpaired) electrons. The molecule has 3 rings (SSSR count). The molecule has 0 fully saturated rings. The highest BCUT2D eigenvalue weighted by Gasteiger charge is 2.25. The summed E-state index contributed by atoms with van der Waals surface area (Å²) in [5.74, 6) is 0.688. The molecular formula is C20H25N. The van der Waals surface area contributed by atoms with E-state index in [9.17, 15) is 0 Å². The van der Waals surface area contributed by atoms with Crippen molar-refractivity contribution in [1.82, 2.24) is 5.32 Å². The zero-order valence-corrected chi connectivity index (χ0v) is 13.3. The average molecular weight is 279 g/mol. The van der Waals surface area contributed by atoms with E-state index >= 15 is 0 Å². The van der Waals surface area contributed by atoms with Crippen molar-refractivity contribution >= 4 is 0 Å². The smallest absolute Gasteiger partial charge is 0.0328 e. The minimum atomic E-state index is 0.387. The van der Waals surface area contributed by atoms with Gasteiger partial charge in [-0.2, -0.15) is 0 Å². The molecule has 0 saturated carbocycles. The molecule has 0 spiro atoms. The van der Waals surface area contributed by atoms with E-state index in [2.05, 4.69) is 74.6 Å². The van der Waals surface area contributed by atoms with Gasteiger partial charge in [-0.05, 0) is 54.9 Å². The quantitative estimate of drug-likeness (QED) is 0.805. The van der Waals surface area contributed by atoms with Crippen LogP contribution in [0, 0.1) is 6.92 Å². The van der Waals surface area contributed by atoms with E-state index < -0.39 is 0 Å². The fourth-order valence-corrected chi connectivity index (χ4v) is 3.64. The first-order valence-electron chi connectivity index (χ1n) is 8.07. The molecule has 21 heavy (non-hydrogen) atoms. The van der Waals surface area contributed by atoms with Gasteiger partial charge < -0.3 is 5.32 Å². The summed E-state index contributed by atoms with van der Waals surface area (Å²) in [6.07, 6.45) is 2.50. The van der Waals surface area contributed by atoms with E-state index in [1.54, 1.807) is 0 Å². The van der Waals surface area contributed by atoms with Crippen LogP contribution in [0.4, 0.5) is 0 Å². The Hall–Kier alpha value is -1.60. The van der Waals surface area contributed by atoms with Crippen molar-refractivity contribution in [3.8, 4) is 0 Å². The predicted molar refractivity (Wildman–Crippen MR) is 89.6 cm³/mol. The molecule has 0 heterocycles. The molecular weight excluding hydrogens is 254 g/mol. The van der Waals surface area contributed by atoms with E-state index in [1.165, 1.54) is 35.1 Å². The number of fused-ring (bicyclic) bond motifs is 1. The standard InChI is InChI=1S/C20H25N/c1-14-8-4-5-9-17(14)16(3)21-20-13-12-15(2)18-10-6-7-11-19(18)20/h4-11,15-16,20-21H,12-13H2,1-3H3/t15?,16-,20?/m0/s1. The second-order valence-corrected chi connectivity index (χ2v) is 6.40.